The van der Waals surface area contributed by atoms with Crippen LogP contribution in [0.15, 0.2) is 77.8 Å². The number of hydrogen-bond donors (Lipinski definition) is 3. The van der Waals surface area contributed by atoms with Crippen LogP contribution in [0.1, 0.15) is 59.2 Å². The third kappa shape index (κ3) is 8.97. The van der Waals surface area contributed by atoms with E-state index < -0.39 is 34.7 Å². The number of aliphatic imine (C=N–C) groups is 1. The quantitative estimate of drug-likeness (QED) is 0.0959. The van der Waals surface area contributed by atoms with E-state index in [4.69, 9.17) is 45.1 Å². The van der Waals surface area contributed by atoms with Gasteiger partial charge in [-0.2, -0.15) is 4.99 Å². The number of nitrogens with zero attached hydrogens (tertiary/aromatic N) is 8. The third-order valence-electron chi connectivity index (χ3n) is 10.3. The summed E-state index contributed by atoms with van der Waals surface area (Å²) in [7, 11) is 2.87. The molecule has 14 nitrogen and oxygen atoms in total. The lowest BCUT2D eigenvalue weighted by Gasteiger charge is -2.43. The Kier molecular flexibility index (Phi) is 14.2. The third-order valence-corrected chi connectivity index (χ3v) is 10.8. The number of hydrogen-bond acceptors (Lipinski definition) is 7. The highest BCUT2D eigenvalue weighted by molar-refractivity contribution is 7.81. The van der Waals surface area contributed by atoms with Crippen molar-refractivity contribution < 1.29 is 23.2 Å². The van der Waals surface area contributed by atoms with Crippen LogP contribution in [0.5, 0.6) is 0 Å². The van der Waals surface area contributed by atoms with E-state index in [1.807, 2.05) is 0 Å². The molecule has 4 aromatic rings. The Labute approximate surface area is 367 Å². The Balaban J connectivity index is 0.000000197. The van der Waals surface area contributed by atoms with E-state index in [-0.39, 0.29) is 33.5 Å². The maximum Gasteiger partial charge on any atom is 0.305 e. The number of benzene rings is 4. The number of thiocarbonyl (C=S) groups is 2. The molecule has 18 heteroatoms. The summed E-state index contributed by atoms with van der Waals surface area (Å²) in [6, 6.07) is 17.7. The fourth-order valence-electron chi connectivity index (χ4n) is 6.78. The van der Waals surface area contributed by atoms with E-state index in [1.165, 1.54) is 61.5 Å². The summed E-state index contributed by atoms with van der Waals surface area (Å²) >= 11 is 10.1. The van der Waals surface area contributed by atoms with Crippen molar-refractivity contribution in [3.63, 3.8) is 0 Å². The molecule has 4 aromatic carbocycles. The highest BCUT2D eigenvalue weighted by Crippen LogP contribution is 2.49. The van der Waals surface area contributed by atoms with Gasteiger partial charge in [0.25, 0.3) is 17.7 Å². The van der Waals surface area contributed by atoms with Crippen LogP contribution >= 0.6 is 24.4 Å². The molecule has 62 heavy (non-hydrogen) atoms. The zero-order valence-electron chi connectivity index (χ0n) is 33.0. The van der Waals surface area contributed by atoms with Gasteiger partial charge in [0.1, 0.15) is 17.2 Å². The Hall–Kier alpha value is -7.91. The lowest BCUT2D eigenvalue weighted by molar-refractivity contribution is -0.123. The number of anilines is 3. The molecule has 308 valence electrons. The highest BCUT2D eigenvalue weighted by atomic mass is 32.1. The van der Waals surface area contributed by atoms with Gasteiger partial charge in [-0.1, -0.05) is 18.2 Å². The van der Waals surface area contributed by atoms with Crippen LogP contribution in [-0.2, 0) is 4.79 Å². The smallest absolute Gasteiger partial charge is 0.305 e. The van der Waals surface area contributed by atoms with Gasteiger partial charge >= 0.3 is 5.66 Å². The average Bonchev–Trinajstić information content (AvgIpc) is 3.50. The van der Waals surface area contributed by atoms with Crippen molar-refractivity contribution in [2.75, 3.05) is 29.2 Å². The van der Waals surface area contributed by atoms with Crippen molar-refractivity contribution in [3.05, 3.63) is 153 Å². The highest BCUT2D eigenvalue weighted by Gasteiger charge is 2.59. The number of nitrogens with one attached hydrogen (secondary N) is 3. The Morgan fingerprint density at radius 3 is 1.73 bits per heavy atom. The normalized spacial score (nSPS) is 14.7. The summed E-state index contributed by atoms with van der Waals surface area (Å²) < 4.78 is 28.4. The molecule has 3 fully saturated rings. The van der Waals surface area contributed by atoms with E-state index in [2.05, 4.69) is 62.5 Å². The maximum absolute atomic E-state index is 14.7. The topological polar surface area (TPSA) is 128 Å². The molecule has 7 rings (SSSR count). The first-order valence-corrected chi connectivity index (χ1v) is 19.4. The van der Waals surface area contributed by atoms with E-state index in [0.717, 1.165) is 25.7 Å². The van der Waals surface area contributed by atoms with Crippen LogP contribution in [0.3, 0.4) is 0 Å². The standard InChI is InChI=1S/C22H16FN5O2S.C13H14FN3O.C9H3N3S/c1-24-17-8-6-13(12-18(17)25-2)27-20(30)22(9-4-10-22)28(21(27)31)14-5-7-15(16(23)11-14)19(29)26-3;1-15-12(18)10-5-4-9(8-11(10)14)17-13(16-2)6-3-7-13;1-10-8-4-3-7(12-6-13)5-9(8)11-2/h5-8,11-12H,4,9-10H2,3H3,(H,26,29);4-5,8,17H,3,6-7H2,1H3,(H,15,18);3-5H. The minimum absolute atomic E-state index is 0.00789. The van der Waals surface area contributed by atoms with Gasteiger partial charge in [0.15, 0.2) is 27.9 Å². The van der Waals surface area contributed by atoms with Crippen LogP contribution in [0, 0.1) is 44.5 Å². The van der Waals surface area contributed by atoms with Crippen molar-refractivity contribution in [3.8, 4) is 0 Å². The first kappa shape index (κ1) is 45.2. The zero-order chi connectivity index (χ0) is 45.2. The molecule has 2 saturated carbocycles. The second-order valence-corrected chi connectivity index (χ2v) is 14.3. The predicted molar refractivity (Wildman–Crippen MR) is 238 cm³/mol. The monoisotopic (exact) mass is 865 g/mol. The number of carbonyl (C=O) groups excluding carboxylic acids is 3. The van der Waals surface area contributed by atoms with Gasteiger partial charge in [0, 0.05) is 44.0 Å². The molecule has 0 aromatic heterocycles. The van der Waals surface area contributed by atoms with E-state index in [0.29, 0.717) is 47.0 Å². The second-order valence-electron chi connectivity index (χ2n) is 13.8. The molecule has 3 amide bonds. The van der Waals surface area contributed by atoms with E-state index in [1.54, 1.807) is 35.2 Å². The van der Waals surface area contributed by atoms with Crippen molar-refractivity contribution in [2.45, 2.75) is 49.7 Å². The van der Waals surface area contributed by atoms with Gasteiger partial charge in [-0.25, -0.2) is 15.4 Å². The average molecular weight is 866 g/mol. The molecular weight excluding hydrogens is 833 g/mol. The summed E-state index contributed by atoms with van der Waals surface area (Å²) in [5.74, 6) is -2.54. The first-order chi connectivity index (χ1) is 29.8. The minimum Gasteiger partial charge on any atom is -0.355 e. The summed E-state index contributed by atoms with van der Waals surface area (Å²) in [6.07, 6.45) is 4.48. The van der Waals surface area contributed by atoms with Crippen molar-refractivity contribution >= 4 is 97.9 Å². The summed E-state index contributed by atoms with van der Waals surface area (Å²) in [6.45, 7) is 35.2. The summed E-state index contributed by atoms with van der Waals surface area (Å²) in [4.78, 5) is 60.0. The fourth-order valence-corrected chi connectivity index (χ4v) is 7.35. The van der Waals surface area contributed by atoms with Gasteiger partial charge < -0.3 is 20.9 Å². The van der Waals surface area contributed by atoms with Crippen molar-refractivity contribution in [1.29, 1.82) is 0 Å². The van der Waals surface area contributed by atoms with Crippen LogP contribution < -0.4 is 25.8 Å². The maximum atomic E-state index is 14.7. The van der Waals surface area contributed by atoms with Crippen LogP contribution in [0.2, 0.25) is 0 Å². The van der Waals surface area contributed by atoms with Crippen LogP contribution in [0.4, 0.5) is 54.3 Å². The lowest BCUT2D eigenvalue weighted by atomic mass is 9.75. The van der Waals surface area contributed by atoms with E-state index >= 15 is 0 Å². The van der Waals surface area contributed by atoms with Crippen molar-refractivity contribution in [2.24, 2.45) is 4.99 Å². The molecule has 0 bridgehead atoms. The molecule has 0 atom stereocenters. The van der Waals surface area contributed by atoms with Gasteiger partial charge in [0.05, 0.1) is 48.3 Å². The summed E-state index contributed by atoms with van der Waals surface area (Å²) in [5, 5.41) is 10.2. The number of isothiocyanates is 1. The van der Waals surface area contributed by atoms with Crippen molar-refractivity contribution in [1.82, 2.24) is 10.6 Å². The Bertz CT molecular complexity index is 2770. The lowest BCUT2D eigenvalue weighted by Crippen LogP contribution is -2.55. The molecule has 1 saturated heterocycles. The number of carbonyl (C=O) groups is 3. The molecule has 3 aliphatic rings. The summed E-state index contributed by atoms with van der Waals surface area (Å²) in [5.41, 5.74) is 1.22. The minimum atomic E-state index is -0.922. The van der Waals surface area contributed by atoms with Gasteiger partial charge in [0.2, 0.25) is 0 Å². The SMILES string of the molecule is [C-]#[N+]C1(Nc2ccc(C(=O)NC)c(F)c2)CCC1.[C-]#[N+]c1ccc(N2C(=O)C3(CCC3)N(c3ccc(C(=O)NC)c(F)c3)C2=S)cc1[N+]#[C-].[C-]#[N+]c1ccc(N=C=S)cc1[N+]#[C-]. The van der Waals surface area contributed by atoms with Gasteiger partial charge in [-0.05, 0) is 105 Å². The molecule has 0 unspecified atom stereocenters. The van der Waals surface area contributed by atoms with Gasteiger partial charge in [-0.3, -0.25) is 43.5 Å². The number of amides is 3. The Morgan fingerprint density at radius 1 is 0.726 bits per heavy atom. The zero-order valence-corrected chi connectivity index (χ0v) is 34.7. The predicted octanol–water partition coefficient (Wildman–Crippen LogP) is 10.3. The number of rotatable bonds is 7. The molecular formula is C44H33F2N11O3S2. The Morgan fingerprint density at radius 2 is 1.26 bits per heavy atom. The molecule has 1 heterocycles. The van der Waals surface area contributed by atoms with Gasteiger partial charge in [-0.15, -0.1) is 0 Å². The molecule has 0 radical (unpaired) electrons. The fraction of sp³-hybridized carbons (Fsp3) is 0.227. The number of halogens is 2. The first-order valence-electron chi connectivity index (χ1n) is 18.5. The largest absolute Gasteiger partial charge is 0.355 e. The van der Waals surface area contributed by atoms with E-state index in [9.17, 15) is 23.2 Å². The molecule has 2 aliphatic carbocycles. The molecule has 1 aliphatic heterocycles. The van der Waals surface area contributed by atoms with Crippen LogP contribution in [0.25, 0.3) is 24.2 Å². The second kappa shape index (κ2) is 19.4. The molecule has 1 spiro atoms. The van der Waals surface area contributed by atoms with Crippen LogP contribution in [-0.4, -0.2) is 53.3 Å². The molecule has 3 N–H and O–H groups in total.